The number of hydrogen-bond acceptors (Lipinski definition) is 3. The quantitative estimate of drug-likeness (QED) is 0.909. The number of rotatable bonds is 4. The van der Waals surface area contributed by atoms with Crippen molar-refractivity contribution in [3.05, 3.63) is 36.5 Å². The van der Waals surface area contributed by atoms with Crippen LogP contribution in [0.2, 0.25) is 0 Å². The molecule has 0 saturated carbocycles. The Kier molecular flexibility index (Phi) is 4.11. The highest BCUT2D eigenvalue weighted by Crippen LogP contribution is 2.37. The van der Waals surface area contributed by atoms with Gasteiger partial charge in [-0.3, -0.25) is 4.90 Å². The number of aliphatic hydroxyl groups is 1. The zero-order chi connectivity index (χ0) is 14.0. The first kappa shape index (κ1) is 14.3. The van der Waals surface area contributed by atoms with E-state index in [1.807, 2.05) is 0 Å². The van der Waals surface area contributed by atoms with Crippen LogP contribution in [-0.4, -0.2) is 35.8 Å². The maximum atomic E-state index is 13.5. The average molecular weight is 266 g/mol. The van der Waals surface area contributed by atoms with E-state index in [2.05, 4.69) is 11.8 Å². The molecule has 0 bridgehead atoms. The van der Waals surface area contributed by atoms with Crippen LogP contribution in [0.1, 0.15) is 31.4 Å². The van der Waals surface area contributed by atoms with Crippen LogP contribution < -0.4 is 4.74 Å². The second-order valence-electron chi connectivity index (χ2n) is 5.51. The van der Waals surface area contributed by atoms with Crippen LogP contribution in [0.4, 0.5) is 4.39 Å². The molecule has 0 amide bonds. The largest absolute Gasteiger partial charge is 0.496 e. The van der Waals surface area contributed by atoms with Crippen molar-refractivity contribution in [3.63, 3.8) is 0 Å². The Morgan fingerprint density at radius 3 is 2.95 bits per heavy atom. The van der Waals surface area contributed by atoms with Crippen molar-refractivity contribution in [2.24, 2.45) is 0 Å². The van der Waals surface area contributed by atoms with Crippen LogP contribution in [0.5, 0.6) is 5.75 Å². The van der Waals surface area contributed by atoms with E-state index in [0.717, 1.165) is 24.9 Å². The monoisotopic (exact) mass is 266 g/mol. The summed E-state index contributed by atoms with van der Waals surface area (Å²) in [4.78, 5) is 2.14. The summed E-state index contributed by atoms with van der Waals surface area (Å²) >= 11 is 0. The molecule has 2 rings (SSSR count). The Hall–Kier alpha value is -1.13. The predicted molar refractivity (Wildman–Crippen MR) is 72.5 cm³/mol. The summed E-state index contributed by atoms with van der Waals surface area (Å²) < 4.78 is 18.8. The van der Waals surface area contributed by atoms with Gasteiger partial charge in [0.05, 0.1) is 12.7 Å². The van der Waals surface area contributed by atoms with Crippen molar-refractivity contribution >= 4 is 0 Å². The summed E-state index contributed by atoms with van der Waals surface area (Å²) in [7, 11) is 1.59. The lowest BCUT2D eigenvalue weighted by atomic mass is 10.0. The fourth-order valence-electron chi connectivity index (χ4n) is 2.77. The summed E-state index contributed by atoms with van der Waals surface area (Å²) in [6, 6.07) is 4.67. The molecule has 0 aromatic heterocycles. The summed E-state index contributed by atoms with van der Waals surface area (Å²) in [5.41, 5.74) is -0.146. The molecule has 1 saturated heterocycles. The maximum absolute atomic E-state index is 13.5. The predicted octanol–water partition coefficient (Wildman–Crippen LogP) is 2.56. The van der Waals surface area contributed by atoms with Gasteiger partial charge in [0.2, 0.25) is 0 Å². The third-order valence-electron chi connectivity index (χ3n) is 3.46. The van der Waals surface area contributed by atoms with E-state index < -0.39 is 5.60 Å². The minimum absolute atomic E-state index is 0.0823. The molecule has 1 fully saturated rings. The molecule has 3 nitrogen and oxygen atoms in total. The number of halogens is 1. The number of likely N-dealkylation sites (tertiary alicyclic amines) is 1. The first-order valence-electron chi connectivity index (χ1n) is 6.56. The molecule has 0 aliphatic carbocycles. The Labute approximate surface area is 114 Å². The van der Waals surface area contributed by atoms with Gasteiger partial charge in [0.1, 0.15) is 11.6 Å². The number of hydrogen-bond donors (Lipinski definition) is 1. The second-order valence-corrected chi connectivity index (χ2v) is 5.51. The molecule has 1 N–H and O–H groups in total. The Bertz CT molecular complexity index is 442. The van der Waals surface area contributed by atoms with Crippen LogP contribution in [0.25, 0.3) is 0 Å². The Morgan fingerprint density at radius 2 is 2.32 bits per heavy atom. The van der Waals surface area contributed by atoms with Gasteiger partial charge >= 0.3 is 0 Å². The number of ether oxygens (including phenoxy) is 1. The summed E-state index contributed by atoms with van der Waals surface area (Å²) in [6.07, 6.45) is 1.97. The summed E-state index contributed by atoms with van der Waals surface area (Å²) in [5.74, 6) is 0.436. The van der Waals surface area contributed by atoms with Gasteiger partial charge in [-0.05, 0) is 51.4 Å². The lowest BCUT2D eigenvalue weighted by molar-refractivity contribution is 0.0536. The molecule has 1 aromatic rings. The van der Waals surface area contributed by atoms with Crippen molar-refractivity contribution < 1.29 is 14.2 Å². The van der Waals surface area contributed by atoms with Crippen LogP contribution in [0, 0.1) is 12.7 Å². The fraction of sp³-hybridized carbons (Fsp3) is 0.533. The maximum Gasteiger partial charge on any atom is 0.123 e. The van der Waals surface area contributed by atoms with Crippen molar-refractivity contribution in [3.8, 4) is 5.75 Å². The number of β-amino-alcohol motifs (C(OH)–C–C–N with tert-alkyl or cyclic N) is 1. The molecular weight excluding hydrogens is 245 g/mol. The number of methoxy groups -OCH3 is 1. The third kappa shape index (κ3) is 3.45. The molecule has 1 unspecified atom stereocenters. The van der Waals surface area contributed by atoms with Gasteiger partial charge in [0, 0.05) is 18.2 Å². The SMILES string of the molecule is [CH2]C(C)(O)CN1CCC[C@@H]1c1cc(F)ccc1OC. The second kappa shape index (κ2) is 5.47. The third-order valence-corrected chi connectivity index (χ3v) is 3.46. The van der Waals surface area contributed by atoms with E-state index >= 15 is 0 Å². The molecule has 1 aliphatic heterocycles. The minimum atomic E-state index is -0.997. The molecule has 19 heavy (non-hydrogen) atoms. The van der Waals surface area contributed by atoms with Crippen LogP contribution >= 0.6 is 0 Å². The average Bonchev–Trinajstić information content (AvgIpc) is 2.74. The molecule has 1 heterocycles. The van der Waals surface area contributed by atoms with E-state index in [-0.39, 0.29) is 11.9 Å². The molecule has 1 aromatic carbocycles. The normalized spacial score (nSPS) is 20.8. The lowest BCUT2D eigenvalue weighted by Gasteiger charge is -2.31. The number of nitrogens with zero attached hydrogens (tertiary/aromatic N) is 1. The Morgan fingerprint density at radius 1 is 1.58 bits per heavy atom. The van der Waals surface area contributed by atoms with Gasteiger partial charge in [0.15, 0.2) is 0 Å². The van der Waals surface area contributed by atoms with Crippen molar-refractivity contribution in [1.82, 2.24) is 4.90 Å². The number of benzene rings is 1. The van der Waals surface area contributed by atoms with Gasteiger partial charge in [0.25, 0.3) is 0 Å². The van der Waals surface area contributed by atoms with Crippen LogP contribution in [0.3, 0.4) is 0 Å². The fourth-order valence-corrected chi connectivity index (χ4v) is 2.77. The molecule has 1 aliphatic rings. The van der Waals surface area contributed by atoms with Gasteiger partial charge < -0.3 is 9.84 Å². The smallest absolute Gasteiger partial charge is 0.123 e. The zero-order valence-electron chi connectivity index (χ0n) is 11.5. The molecule has 1 radical (unpaired) electrons. The molecular formula is C15H21FNO2. The van der Waals surface area contributed by atoms with E-state index in [0.29, 0.717) is 12.3 Å². The molecule has 0 spiro atoms. The highest BCUT2D eigenvalue weighted by Gasteiger charge is 2.31. The Balaban J connectivity index is 2.27. The van der Waals surface area contributed by atoms with E-state index in [1.54, 1.807) is 20.1 Å². The van der Waals surface area contributed by atoms with Crippen LogP contribution in [0.15, 0.2) is 18.2 Å². The van der Waals surface area contributed by atoms with Gasteiger partial charge in [-0.1, -0.05) is 0 Å². The molecule has 4 heteroatoms. The lowest BCUT2D eigenvalue weighted by Crippen LogP contribution is -2.38. The van der Waals surface area contributed by atoms with Crippen molar-refractivity contribution in [2.45, 2.75) is 31.4 Å². The topological polar surface area (TPSA) is 32.7 Å². The summed E-state index contributed by atoms with van der Waals surface area (Å²) in [5, 5.41) is 9.87. The van der Waals surface area contributed by atoms with E-state index in [4.69, 9.17) is 4.74 Å². The first-order chi connectivity index (χ1) is 8.90. The van der Waals surface area contributed by atoms with Crippen LogP contribution in [-0.2, 0) is 0 Å². The summed E-state index contributed by atoms with van der Waals surface area (Å²) in [6.45, 7) is 6.77. The van der Waals surface area contributed by atoms with Gasteiger partial charge in [-0.25, -0.2) is 4.39 Å². The molecule has 2 atom stereocenters. The zero-order valence-corrected chi connectivity index (χ0v) is 11.5. The van der Waals surface area contributed by atoms with E-state index in [1.165, 1.54) is 12.1 Å². The van der Waals surface area contributed by atoms with Crippen molar-refractivity contribution in [2.75, 3.05) is 20.2 Å². The van der Waals surface area contributed by atoms with Gasteiger partial charge in [-0.2, -0.15) is 0 Å². The first-order valence-corrected chi connectivity index (χ1v) is 6.56. The highest BCUT2D eigenvalue weighted by atomic mass is 19.1. The molecule has 105 valence electrons. The highest BCUT2D eigenvalue weighted by molar-refractivity contribution is 5.37. The van der Waals surface area contributed by atoms with Crippen molar-refractivity contribution in [1.29, 1.82) is 0 Å². The standard InChI is InChI=1S/C15H21FNO2/c1-15(2,18)10-17-8-4-5-13(17)12-9-11(16)6-7-14(12)19-3/h6-7,9,13,18H,1,4-5,8,10H2,2-3H3/t13-,15?/m1/s1. The van der Waals surface area contributed by atoms with E-state index in [9.17, 15) is 9.50 Å². The minimum Gasteiger partial charge on any atom is -0.496 e. The van der Waals surface area contributed by atoms with Gasteiger partial charge in [-0.15, -0.1) is 0 Å².